The minimum Gasteiger partial charge on any atom is -0.379 e. The van der Waals surface area contributed by atoms with Gasteiger partial charge in [-0.2, -0.15) is 4.31 Å². The molecular formula is C26H32N4O4S. The average Bonchev–Trinajstić information content (AvgIpc) is 3.66. The second-order valence-electron chi connectivity index (χ2n) is 9.55. The first-order valence-corrected chi connectivity index (χ1v) is 13.7. The molecule has 1 aromatic heterocycles. The molecule has 2 aromatic carbocycles. The van der Waals surface area contributed by atoms with Gasteiger partial charge in [0, 0.05) is 33.0 Å². The first kappa shape index (κ1) is 24.0. The number of sulfonamides is 1. The van der Waals surface area contributed by atoms with E-state index in [1.165, 1.54) is 9.87 Å². The Kier molecular flexibility index (Phi) is 6.65. The molecule has 1 unspecified atom stereocenters. The van der Waals surface area contributed by atoms with Gasteiger partial charge in [0.1, 0.15) is 5.82 Å². The SMILES string of the molecule is Cc1ccc(C(NC(=O)CCc2nc3cc(S(=O)(=O)N4CCOCC4)ccc3n2C)C2CC2)cc1. The van der Waals surface area contributed by atoms with Crippen molar-refractivity contribution in [2.75, 3.05) is 26.3 Å². The van der Waals surface area contributed by atoms with Crippen molar-refractivity contribution in [1.29, 1.82) is 0 Å². The van der Waals surface area contributed by atoms with Crippen LogP contribution in [0.3, 0.4) is 0 Å². The van der Waals surface area contributed by atoms with Crippen LogP contribution >= 0.6 is 0 Å². The first-order chi connectivity index (χ1) is 16.8. The van der Waals surface area contributed by atoms with Crippen molar-refractivity contribution in [2.45, 2.75) is 43.5 Å². The van der Waals surface area contributed by atoms with Gasteiger partial charge in [0.15, 0.2) is 0 Å². The third-order valence-electron chi connectivity index (χ3n) is 6.97. The molecule has 3 aromatic rings. The number of carbonyl (C=O) groups is 1. The van der Waals surface area contributed by atoms with E-state index in [4.69, 9.17) is 4.74 Å². The first-order valence-electron chi connectivity index (χ1n) is 12.2. The maximum Gasteiger partial charge on any atom is 0.243 e. The van der Waals surface area contributed by atoms with Crippen molar-refractivity contribution in [3.05, 3.63) is 59.4 Å². The van der Waals surface area contributed by atoms with Gasteiger partial charge in [0.2, 0.25) is 15.9 Å². The van der Waals surface area contributed by atoms with E-state index in [2.05, 4.69) is 41.5 Å². The molecule has 186 valence electrons. The van der Waals surface area contributed by atoms with Crippen LogP contribution in [0.2, 0.25) is 0 Å². The summed E-state index contributed by atoms with van der Waals surface area (Å²) in [5, 5.41) is 3.23. The number of rotatable bonds is 8. The maximum atomic E-state index is 13.0. The standard InChI is InChI=1S/C26H32N4O4S/c1-18-3-5-19(6-4-18)26(20-7-8-20)28-25(31)12-11-24-27-22-17-21(9-10-23(22)29(24)2)35(32,33)30-13-15-34-16-14-30/h3-6,9-10,17,20,26H,7-8,11-16H2,1-2H3,(H,28,31). The number of imidazole rings is 1. The number of hydrogen-bond donors (Lipinski definition) is 1. The summed E-state index contributed by atoms with van der Waals surface area (Å²) in [5.41, 5.74) is 3.82. The number of benzene rings is 2. The molecule has 1 amide bonds. The third-order valence-corrected chi connectivity index (χ3v) is 8.87. The molecular weight excluding hydrogens is 464 g/mol. The highest BCUT2D eigenvalue weighted by Crippen LogP contribution is 2.41. The number of ether oxygens (including phenoxy) is 1. The molecule has 2 heterocycles. The fourth-order valence-electron chi connectivity index (χ4n) is 4.70. The lowest BCUT2D eigenvalue weighted by molar-refractivity contribution is -0.122. The summed E-state index contributed by atoms with van der Waals surface area (Å²) in [6, 6.07) is 13.5. The van der Waals surface area contributed by atoms with Crippen molar-refractivity contribution in [3.63, 3.8) is 0 Å². The van der Waals surface area contributed by atoms with Crippen LogP contribution in [0.1, 0.15) is 42.3 Å². The molecule has 1 N–H and O–H groups in total. The van der Waals surface area contributed by atoms with Gasteiger partial charge >= 0.3 is 0 Å². The number of fused-ring (bicyclic) bond motifs is 1. The molecule has 1 aliphatic carbocycles. The third kappa shape index (κ3) is 5.12. The number of nitrogens with zero attached hydrogens (tertiary/aromatic N) is 3. The van der Waals surface area contributed by atoms with E-state index in [0.29, 0.717) is 50.6 Å². The molecule has 1 atom stereocenters. The van der Waals surface area contributed by atoms with Gasteiger partial charge in [0.05, 0.1) is 35.2 Å². The van der Waals surface area contributed by atoms with Gasteiger partial charge in [-0.1, -0.05) is 29.8 Å². The fourth-order valence-corrected chi connectivity index (χ4v) is 6.13. The Balaban J connectivity index is 1.28. The molecule has 35 heavy (non-hydrogen) atoms. The van der Waals surface area contributed by atoms with E-state index in [0.717, 1.165) is 29.7 Å². The second kappa shape index (κ2) is 9.72. The highest BCUT2D eigenvalue weighted by molar-refractivity contribution is 7.89. The van der Waals surface area contributed by atoms with Crippen LogP contribution in [0, 0.1) is 12.8 Å². The van der Waals surface area contributed by atoms with E-state index in [9.17, 15) is 13.2 Å². The minimum atomic E-state index is -3.59. The Morgan fingerprint density at radius 3 is 2.54 bits per heavy atom. The van der Waals surface area contributed by atoms with Gasteiger partial charge in [-0.25, -0.2) is 13.4 Å². The molecule has 1 saturated heterocycles. The summed E-state index contributed by atoms with van der Waals surface area (Å²) in [7, 11) is -1.69. The monoisotopic (exact) mass is 496 g/mol. The van der Waals surface area contributed by atoms with E-state index in [1.807, 2.05) is 11.6 Å². The predicted molar refractivity (Wildman–Crippen MR) is 133 cm³/mol. The van der Waals surface area contributed by atoms with Crippen LogP contribution in [-0.4, -0.2) is 54.5 Å². The molecule has 9 heteroatoms. The number of aryl methyl sites for hydroxylation is 3. The Morgan fingerprint density at radius 1 is 1.14 bits per heavy atom. The highest BCUT2D eigenvalue weighted by Gasteiger charge is 2.33. The van der Waals surface area contributed by atoms with E-state index in [1.54, 1.807) is 18.2 Å². The number of carbonyl (C=O) groups excluding carboxylic acids is 1. The molecule has 8 nitrogen and oxygen atoms in total. The number of aromatic nitrogens is 2. The lowest BCUT2D eigenvalue weighted by atomic mass is 10.0. The summed E-state index contributed by atoms with van der Waals surface area (Å²) >= 11 is 0. The van der Waals surface area contributed by atoms with Gasteiger partial charge in [-0.05, 0) is 49.4 Å². The highest BCUT2D eigenvalue weighted by atomic mass is 32.2. The van der Waals surface area contributed by atoms with Crippen molar-refractivity contribution in [1.82, 2.24) is 19.2 Å². The molecule has 0 bridgehead atoms. The van der Waals surface area contributed by atoms with Crippen LogP contribution in [0.15, 0.2) is 47.4 Å². The van der Waals surface area contributed by atoms with Gasteiger partial charge in [-0.15, -0.1) is 0 Å². The summed E-state index contributed by atoms with van der Waals surface area (Å²) in [6.45, 7) is 3.58. The van der Waals surface area contributed by atoms with Crippen LogP contribution in [0.4, 0.5) is 0 Å². The smallest absolute Gasteiger partial charge is 0.243 e. The predicted octanol–water partition coefficient (Wildman–Crippen LogP) is 3.10. The second-order valence-corrected chi connectivity index (χ2v) is 11.5. The molecule has 0 spiro atoms. The van der Waals surface area contributed by atoms with E-state index < -0.39 is 10.0 Å². The van der Waals surface area contributed by atoms with Crippen molar-refractivity contribution in [3.8, 4) is 0 Å². The van der Waals surface area contributed by atoms with Crippen molar-refractivity contribution in [2.24, 2.45) is 13.0 Å². The van der Waals surface area contributed by atoms with Crippen LogP contribution < -0.4 is 5.32 Å². The number of nitrogens with one attached hydrogen (secondary N) is 1. The summed E-state index contributed by atoms with van der Waals surface area (Å²) in [5.74, 6) is 1.27. The van der Waals surface area contributed by atoms with Gasteiger partial charge < -0.3 is 14.6 Å². The Hall–Kier alpha value is -2.75. The zero-order valence-electron chi connectivity index (χ0n) is 20.2. The molecule has 2 fully saturated rings. The lowest BCUT2D eigenvalue weighted by Crippen LogP contribution is -2.40. The number of hydrogen-bond acceptors (Lipinski definition) is 5. The van der Waals surface area contributed by atoms with E-state index >= 15 is 0 Å². The average molecular weight is 497 g/mol. The zero-order valence-corrected chi connectivity index (χ0v) is 21.1. The molecule has 5 rings (SSSR count). The normalized spacial score (nSPS) is 18.0. The van der Waals surface area contributed by atoms with E-state index in [-0.39, 0.29) is 16.8 Å². The van der Waals surface area contributed by atoms with Gasteiger partial charge in [0.25, 0.3) is 0 Å². The quantitative estimate of drug-likeness (QED) is 0.517. The fraction of sp³-hybridized carbons (Fsp3) is 0.462. The topological polar surface area (TPSA) is 93.5 Å². The molecule has 1 aliphatic heterocycles. The molecule has 2 aliphatic rings. The van der Waals surface area contributed by atoms with Crippen molar-refractivity contribution < 1.29 is 17.9 Å². The Labute approximate surface area is 206 Å². The van der Waals surface area contributed by atoms with Crippen LogP contribution in [0.25, 0.3) is 11.0 Å². The summed E-state index contributed by atoms with van der Waals surface area (Å²) in [6.07, 6.45) is 3.08. The van der Waals surface area contributed by atoms with Crippen LogP contribution in [-0.2, 0) is 33.0 Å². The number of morpholine rings is 1. The van der Waals surface area contributed by atoms with Gasteiger partial charge in [-0.3, -0.25) is 4.79 Å². The lowest BCUT2D eigenvalue weighted by Gasteiger charge is -2.26. The Bertz CT molecular complexity index is 1320. The largest absolute Gasteiger partial charge is 0.379 e. The zero-order chi connectivity index (χ0) is 24.6. The summed E-state index contributed by atoms with van der Waals surface area (Å²) < 4.78 is 34.7. The van der Waals surface area contributed by atoms with Crippen LogP contribution in [0.5, 0.6) is 0 Å². The maximum absolute atomic E-state index is 13.0. The Morgan fingerprint density at radius 2 is 1.86 bits per heavy atom. The summed E-state index contributed by atoms with van der Waals surface area (Å²) in [4.78, 5) is 17.8. The minimum absolute atomic E-state index is 0.00474. The van der Waals surface area contributed by atoms with Crippen molar-refractivity contribution >= 4 is 27.0 Å². The molecule has 0 radical (unpaired) electrons. The number of amides is 1. The molecule has 1 saturated carbocycles.